The van der Waals surface area contributed by atoms with E-state index in [0.717, 1.165) is 16.1 Å². The normalized spacial score (nSPS) is 14.0. The number of likely N-dealkylation sites (N-methyl/N-ethyl adjacent to an activating group) is 1. The van der Waals surface area contributed by atoms with Crippen LogP contribution in [0, 0.1) is 5.92 Å². The molecule has 0 aliphatic rings. The van der Waals surface area contributed by atoms with Gasteiger partial charge in [-0.1, -0.05) is 58.9 Å². The predicted molar refractivity (Wildman–Crippen MR) is 98.3 cm³/mol. The predicted octanol–water partition coefficient (Wildman–Crippen LogP) is 2.69. The van der Waals surface area contributed by atoms with E-state index in [2.05, 4.69) is 38.2 Å². The van der Waals surface area contributed by atoms with Crippen LogP contribution in [0.25, 0.3) is 0 Å². The second-order valence-electron chi connectivity index (χ2n) is 7.68. The molecule has 136 valence electrons. The van der Waals surface area contributed by atoms with Gasteiger partial charge in [0, 0.05) is 7.05 Å². The lowest BCUT2D eigenvalue weighted by Crippen LogP contribution is -2.40. The second kappa shape index (κ2) is 7.66. The smallest absolute Gasteiger partial charge is 0.235 e. The molecule has 1 aromatic carbocycles. The molecular weight excluding hydrogens is 324 g/mol. The Morgan fingerprint density at radius 1 is 1.17 bits per heavy atom. The first-order valence-corrected chi connectivity index (χ1v) is 9.98. The molecule has 0 saturated heterocycles. The van der Waals surface area contributed by atoms with Gasteiger partial charge in [-0.05, 0) is 22.5 Å². The first-order valence-electron chi connectivity index (χ1n) is 8.13. The van der Waals surface area contributed by atoms with Crippen molar-refractivity contribution >= 4 is 15.9 Å². The summed E-state index contributed by atoms with van der Waals surface area (Å²) >= 11 is 0. The number of carbonyl (C=O) groups excluding carboxylic acids is 1. The van der Waals surface area contributed by atoms with Gasteiger partial charge in [0.25, 0.3) is 0 Å². The zero-order valence-electron chi connectivity index (χ0n) is 15.8. The Hall–Kier alpha value is -1.40. The van der Waals surface area contributed by atoms with Crippen LogP contribution in [0.5, 0.6) is 0 Å². The molecule has 0 radical (unpaired) electrons. The van der Waals surface area contributed by atoms with Gasteiger partial charge in [0.05, 0.1) is 18.8 Å². The summed E-state index contributed by atoms with van der Waals surface area (Å²) in [6.07, 6.45) is 1.09. The Balaban J connectivity index is 2.90. The summed E-state index contributed by atoms with van der Waals surface area (Å²) in [6, 6.07) is 8.08. The van der Waals surface area contributed by atoms with Crippen LogP contribution in [0.2, 0.25) is 0 Å². The number of carbonyl (C=O) groups is 1. The van der Waals surface area contributed by atoms with Crippen LogP contribution in [0.4, 0.5) is 0 Å². The topological polar surface area (TPSA) is 66.5 Å². The maximum absolute atomic E-state index is 12.2. The molecule has 1 atom stereocenters. The maximum Gasteiger partial charge on any atom is 0.235 e. The fourth-order valence-corrected chi connectivity index (χ4v) is 2.72. The summed E-state index contributed by atoms with van der Waals surface area (Å²) < 4.78 is 23.9. The van der Waals surface area contributed by atoms with E-state index in [1.165, 1.54) is 12.6 Å². The maximum atomic E-state index is 12.2. The summed E-state index contributed by atoms with van der Waals surface area (Å²) in [4.78, 5) is 12.2. The lowest BCUT2D eigenvalue weighted by atomic mass is 9.85. The molecule has 5 nitrogen and oxygen atoms in total. The van der Waals surface area contributed by atoms with Gasteiger partial charge in [0.1, 0.15) is 0 Å². The van der Waals surface area contributed by atoms with E-state index in [1.54, 1.807) is 0 Å². The standard InChI is InChI=1S/C18H30N2O3S/c1-13(2)17(19-16(21)12-20(6)24(7,22)23)14-8-10-15(11-9-14)18(3,4)5/h8-11,13,17H,12H2,1-7H3,(H,19,21)/t17-/m1/s1. The summed E-state index contributed by atoms with van der Waals surface area (Å²) in [6.45, 7) is 10.4. The first-order chi connectivity index (χ1) is 10.8. The van der Waals surface area contributed by atoms with Crippen LogP contribution in [-0.4, -0.2) is 38.5 Å². The molecule has 0 heterocycles. The molecule has 1 rings (SSSR count). The fraction of sp³-hybridized carbons (Fsp3) is 0.611. The number of amides is 1. The van der Waals surface area contributed by atoms with Gasteiger partial charge in [-0.25, -0.2) is 8.42 Å². The molecule has 0 saturated carbocycles. The summed E-state index contributed by atoms with van der Waals surface area (Å²) in [5.74, 6) is -0.112. The highest BCUT2D eigenvalue weighted by Gasteiger charge is 2.22. The van der Waals surface area contributed by atoms with Crippen LogP contribution in [0.3, 0.4) is 0 Å². The van der Waals surface area contributed by atoms with E-state index < -0.39 is 10.0 Å². The van der Waals surface area contributed by atoms with E-state index in [0.29, 0.717) is 0 Å². The van der Waals surface area contributed by atoms with E-state index in [1.807, 2.05) is 26.0 Å². The van der Waals surface area contributed by atoms with Crippen molar-refractivity contribution in [1.29, 1.82) is 0 Å². The van der Waals surface area contributed by atoms with Crippen molar-refractivity contribution in [3.8, 4) is 0 Å². The Morgan fingerprint density at radius 3 is 2.04 bits per heavy atom. The number of nitrogens with zero attached hydrogens (tertiary/aromatic N) is 1. The average Bonchev–Trinajstić information content (AvgIpc) is 2.42. The largest absolute Gasteiger partial charge is 0.348 e. The third kappa shape index (κ3) is 5.91. The molecule has 0 aromatic heterocycles. The number of benzene rings is 1. The van der Waals surface area contributed by atoms with Crippen molar-refractivity contribution in [2.24, 2.45) is 5.92 Å². The van der Waals surface area contributed by atoms with Crippen LogP contribution < -0.4 is 5.32 Å². The number of nitrogens with one attached hydrogen (secondary N) is 1. The van der Waals surface area contributed by atoms with Crippen molar-refractivity contribution in [2.45, 2.75) is 46.1 Å². The molecular formula is C18H30N2O3S. The lowest BCUT2D eigenvalue weighted by Gasteiger charge is -2.25. The van der Waals surface area contributed by atoms with Crippen LogP contribution in [0.15, 0.2) is 24.3 Å². The van der Waals surface area contributed by atoms with Crippen LogP contribution >= 0.6 is 0 Å². The molecule has 1 N–H and O–H groups in total. The van der Waals surface area contributed by atoms with Gasteiger partial charge in [-0.2, -0.15) is 4.31 Å². The highest BCUT2D eigenvalue weighted by molar-refractivity contribution is 7.88. The van der Waals surface area contributed by atoms with Crippen molar-refractivity contribution < 1.29 is 13.2 Å². The fourth-order valence-electron chi connectivity index (χ4n) is 2.36. The van der Waals surface area contributed by atoms with Gasteiger partial charge in [0.2, 0.25) is 15.9 Å². The Kier molecular flexibility index (Phi) is 6.59. The van der Waals surface area contributed by atoms with Gasteiger partial charge in [0.15, 0.2) is 0 Å². The average molecular weight is 355 g/mol. The van der Waals surface area contributed by atoms with Crippen LogP contribution in [0.1, 0.15) is 51.8 Å². The molecule has 0 aliphatic carbocycles. The summed E-state index contributed by atoms with van der Waals surface area (Å²) in [5, 5.41) is 2.95. The number of sulfonamides is 1. The quantitative estimate of drug-likeness (QED) is 0.854. The molecule has 0 bridgehead atoms. The molecule has 1 aromatic rings. The van der Waals surface area contributed by atoms with E-state index in [9.17, 15) is 13.2 Å². The van der Waals surface area contributed by atoms with Gasteiger partial charge < -0.3 is 5.32 Å². The van der Waals surface area contributed by atoms with Gasteiger partial charge in [-0.3, -0.25) is 4.79 Å². The minimum absolute atomic E-state index is 0.0767. The van der Waals surface area contributed by atoms with Gasteiger partial charge in [-0.15, -0.1) is 0 Å². The van der Waals surface area contributed by atoms with E-state index >= 15 is 0 Å². The summed E-state index contributed by atoms with van der Waals surface area (Å²) in [7, 11) is -1.97. The minimum Gasteiger partial charge on any atom is -0.348 e. The van der Waals surface area contributed by atoms with Crippen molar-refractivity contribution in [3.63, 3.8) is 0 Å². The lowest BCUT2D eigenvalue weighted by molar-refractivity contribution is -0.122. The third-order valence-corrected chi connectivity index (χ3v) is 5.31. The number of rotatable bonds is 6. The molecule has 0 unspecified atom stereocenters. The highest BCUT2D eigenvalue weighted by atomic mass is 32.2. The Labute approximate surface area is 146 Å². The molecule has 1 amide bonds. The first kappa shape index (κ1) is 20.6. The molecule has 0 spiro atoms. The molecule has 0 aliphatic heterocycles. The van der Waals surface area contributed by atoms with Crippen molar-refractivity contribution in [3.05, 3.63) is 35.4 Å². The molecule has 24 heavy (non-hydrogen) atoms. The second-order valence-corrected chi connectivity index (χ2v) is 9.77. The zero-order chi connectivity index (χ0) is 18.7. The molecule has 6 heteroatoms. The summed E-state index contributed by atoms with van der Waals surface area (Å²) in [5.41, 5.74) is 2.33. The highest BCUT2D eigenvalue weighted by Crippen LogP contribution is 2.26. The van der Waals surface area contributed by atoms with Gasteiger partial charge >= 0.3 is 0 Å². The van der Waals surface area contributed by atoms with E-state index in [-0.39, 0.29) is 29.8 Å². The van der Waals surface area contributed by atoms with Crippen molar-refractivity contribution in [2.75, 3.05) is 19.8 Å². The van der Waals surface area contributed by atoms with Crippen LogP contribution in [-0.2, 0) is 20.2 Å². The minimum atomic E-state index is -3.37. The third-order valence-electron chi connectivity index (χ3n) is 4.05. The molecule has 0 fully saturated rings. The SMILES string of the molecule is CC(C)[C@@H](NC(=O)CN(C)S(C)(=O)=O)c1ccc(C(C)(C)C)cc1. The zero-order valence-corrected chi connectivity index (χ0v) is 16.6. The Bertz CT molecular complexity index is 658. The van der Waals surface area contributed by atoms with E-state index in [4.69, 9.17) is 0 Å². The van der Waals surface area contributed by atoms with Crippen molar-refractivity contribution in [1.82, 2.24) is 9.62 Å². The number of hydrogen-bond donors (Lipinski definition) is 1. The number of hydrogen-bond acceptors (Lipinski definition) is 3. The monoisotopic (exact) mass is 354 g/mol. The Morgan fingerprint density at radius 2 is 1.67 bits per heavy atom.